The second-order valence-electron chi connectivity index (χ2n) is 8.02. The number of hydrogen-bond donors (Lipinski definition) is 0. The normalized spacial score (nSPS) is 10.9. The first-order chi connectivity index (χ1) is 13.2. The smallest absolute Gasteiger partial charge is 0.305 e. The van der Waals surface area contributed by atoms with Crippen molar-refractivity contribution < 1.29 is 14.3 Å². The lowest BCUT2D eigenvalue weighted by Crippen LogP contribution is -1.99. The molecule has 0 aliphatic rings. The molecule has 0 heterocycles. The van der Waals surface area contributed by atoms with Crippen molar-refractivity contribution in [3.63, 3.8) is 0 Å². The molecule has 3 heteroatoms. The predicted molar refractivity (Wildman–Crippen MR) is 115 cm³/mol. The van der Waals surface area contributed by atoms with Gasteiger partial charge < -0.3 is 4.74 Å². The van der Waals surface area contributed by atoms with Gasteiger partial charge in [-0.2, -0.15) is 0 Å². The van der Waals surface area contributed by atoms with Crippen LogP contribution in [0.15, 0.2) is 0 Å². The van der Waals surface area contributed by atoms with E-state index in [0.29, 0.717) is 12.2 Å². The van der Waals surface area contributed by atoms with Gasteiger partial charge in [0.05, 0.1) is 7.11 Å². The van der Waals surface area contributed by atoms with E-state index in [9.17, 15) is 9.59 Å². The molecule has 0 amide bonds. The second-order valence-corrected chi connectivity index (χ2v) is 8.02. The van der Waals surface area contributed by atoms with E-state index in [4.69, 9.17) is 0 Å². The van der Waals surface area contributed by atoms with Crippen molar-refractivity contribution >= 4 is 11.8 Å². The Morgan fingerprint density at radius 2 is 0.852 bits per heavy atom. The molecule has 0 N–H and O–H groups in total. The molecule has 0 saturated heterocycles. The lowest BCUT2D eigenvalue weighted by Gasteiger charge is -2.04. The van der Waals surface area contributed by atoms with Gasteiger partial charge in [0, 0.05) is 19.3 Å². The van der Waals surface area contributed by atoms with Crippen molar-refractivity contribution in [2.75, 3.05) is 7.11 Å². The van der Waals surface area contributed by atoms with Gasteiger partial charge in [-0.1, -0.05) is 96.8 Å². The molecule has 0 unspecified atom stereocenters. The second kappa shape index (κ2) is 21.4. The topological polar surface area (TPSA) is 43.4 Å². The Morgan fingerprint density at radius 1 is 0.519 bits per heavy atom. The van der Waals surface area contributed by atoms with Crippen molar-refractivity contribution in [1.29, 1.82) is 0 Å². The van der Waals surface area contributed by atoms with Crippen LogP contribution in [0, 0.1) is 0 Å². The third-order valence-electron chi connectivity index (χ3n) is 5.37. The van der Waals surface area contributed by atoms with E-state index in [1.807, 2.05) is 0 Å². The van der Waals surface area contributed by atoms with Gasteiger partial charge >= 0.3 is 5.97 Å². The molecular weight excluding hydrogens is 336 g/mol. The van der Waals surface area contributed by atoms with Crippen LogP contribution in [0.2, 0.25) is 0 Å². The van der Waals surface area contributed by atoms with Crippen LogP contribution in [-0.4, -0.2) is 18.9 Å². The molecule has 0 fully saturated rings. The molecule has 0 bridgehead atoms. The summed E-state index contributed by atoms with van der Waals surface area (Å²) >= 11 is 0. The minimum absolute atomic E-state index is 0.0842. The average Bonchev–Trinajstić information content (AvgIpc) is 2.67. The summed E-state index contributed by atoms with van der Waals surface area (Å²) in [5.74, 6) is 0.400. The Labute approximate surface area is 169 Å². The number of unbranched alkanes of at least 4 members (excludes halogenated alkanes) is 15. The zero-order valence-electron chi connectivity index (χ0n) is 18.4. The van der Waals surface area contributed by atoms with Gasteiger partial charge in [0.15, 0.2) is 0 Å². The van der Waals surface area contributed by atoms with Crippen molar-refractivity contribution in [2.45, 2.75) is 135 Å². The molecular formula is C24H46O3. The Bertz CT molecular complexity index is 339. The summed E-state index contributed by atoms with van der Waals surface area (Å²) in [7, 11) is 1.46. The summed E-state index contributed by atoms with van der Waals surface area (Å²) in [5.41, 5.74) is 0. The zero-order valence-corrected chi connectivity index (χ0v) is 18.4. The number of ether oxygens (including phenoxy) is 1. The fourth-order valence-corrected chi connectivity index (χ4v) is 3.51. The first-order valence-corrected chi connectivity index (χ1v) is 11.8. The number of carbonyl (C=O) groups excluding carboxylic acids is 2. The van der Waals surface area contributed by atoms with Crippen LogP contribution in [-0.2, 0) is 14.3 Å². The number of methoxy groups -OCH3 is 1. The molecule has 0 radical (unpaired) electrons. The predicted octanol–water partition coefficient (Wildman–Crippen LogP) is 7.55. The maximum atomic E-state index is 11.8. The van der Waals surface area contributed by atoms with Gasteiger partial charge in [0.2, 0.25) is 0 Å². The van der Waals surface area contributed by atoms with Gasteiger partial charge in [-0.25, -0.2) is 0 Å². The highest BCUT2D eigenvalue weighted by Crippen LogP contribution is 2.14. The first kappa shape index (κ1) is 26.1. The Hall–Kier alpha value is -0.860. The molecule has 0 spiro atoms. The highest BCUT2D eigenvalue weighted by Gasteiger charge is 2.02. The van der Waals surface area contributed by atoms with Crippen molar-refractivity contribution in [2.24, 2.45) is 0 Å². The average molecular weight is 383 g/mol. The minimum Gasteiger partial charge on any atom is -0.469 e. The van der Waals surface area contributed by atoms with Crippen LogP contribution in [0.4, 0.5) is 0 Å². The SMILES string of the molecule is CCCCCCCCC(=O)CCCCCCCCCCCCCC(=O)OC. The van der Waals surface area contributed by atoms with Gasteiger partial charge in [0.1, 0.15) is 5.78 Å². The van der Waals surface area contributed by atoms with Crippen LogP contribution in [0.5, 0.6) is 0 Å². The number of rotatable bonds is 21. The minimum atomic E-state index is -0.0842. The van der Waals surface area contributed by atoms with Crippen molar-refractivity contribution in [3.8, 4) is 0 Å². The van der Waals surface area contributed by atoms with Crippen LogP contribution in [0.1, 0.15) is 135 Å². The van der Waals surface area contributed by atoms with Crippen LogP contribution < -0.4 is 0 Å². The number of carbonyl (C=O) groups is 2. The quantitative estimate of drug-likeness (QED) is 0.152. The fraction of sp³-hybridized carbons (Fsp3) is 0.917. The van der Waals surface area contributed by atoms with Crippen LogP contribution in [0.3, 0.4) is 0 Å². The molecule has 0 atom stereocenters. The molecule has 0 saturated carbocycles. The first-order valence-electron chi connectivity index (χ1n) is 11.8. The molecule has 160 valence electrons. The summed E-state index contributed by atoms with van der Waals surface area (Å²) in [5, 5.41) is 0. The largest absolute Gasteiger partial charge is 0.469 e. The van der Waals surface area contributed by atoms with Gasteiger partial charge in [0.25, 0.3) is 0 Å². The lowest BCUT2D eigenvalue weighted by atomic mass is 10.0. The van der Waals surface area contributed by atoms with E-state index in [1.165, 1.54) is 90.6 Å². The van der Waals surface area contributed by atoms with E-state index in [0.717, 1.165) is 38.5 Å². The molecule has 3 nitrogen and oxygen atoms in total. The van der Waals surface area contributed by atoms with E-state index in [1.54, 1.807) is 0 Å². The number of ketones is 1. The molecule has 0 aromatic carbocycles. The highest BCUT2D eigenvalue weighted by atomic mass is 16.5. The molecule has 0 rings (SSSR count). The molecule has 27 heavy (non-hydrogen) atoms. The van der Waals surface area contributed by atoms with Crippen molar-refractivity contribution in [3.05, 3.63) is 0 Å². The van der Waals surface area contributed by atoms with Crippen molar-refractivity contribution in [1.82, 2.24) is 0 Å². The summed E-state index contributed by atoms with van der Waals surface area (Å²) in [6, 6.07) is 0. The van der Waals surface area contributed by atoms with E-state index in [-0.39, 0.29) is 5.97 Å². The number of Topliss-reactive ketones (excluding diaryl/α,β-unsaturated/α-hetero) is 1. The third kappa shape index (κ3) is 21.3. The van der Waals surface area contributed by atoms with E-state index < -0.39 is 0 Å². The number of esters is 1. The summed E-state index contributed by atoms with van der Waals surface area (Å²) in [6.45, 7) is 2.24. The molecule has 0 aliphatic carbocycles. The van der Waals surface area contributed by atoms with E-state index >= 15 is 0 Å². The molecule has 0 aromatic rings. The Kier molecular flexibility index (Phi) is 20.8. The fourth-order valence-electron chi connectivity index (χ4n) is 3.51. The van der Waals surface area contributed by atoms with Crippen LogP contribution >= 0.6 is 0 Å². The van der Waals surface area contributed by atoms with Gasteiger partial charge in [-0.3, -0.25) is 9.59 Å². The standard InChI is InChI=1S/C24H46O3/c1-3-4-5-6-14-17-20-23(25)21-18-15-12-10-8-7-9-11-13-16-19-22-24(26)27-2/h3-22H2,1-2H3. The zero-order chi connectivity index (χ0) is 20.0. The maximum Gasteiger partial charge on any atom is 0.305 e. The third-order valence-corrected chi connectivity index (χ3v) is 5.37. The summed E-state index contributed by atoms with van der Waals surface area (Å²) in [4.78, 5) is 22.8. The van der Waals surface area contributed by atoms with Crippen LogP contribution in [0.25, 0.3) is 0 Å². The Balaban J connectivity index is 3.15. The van der Waals surface area contributed by atoms with Gasteiger partial charge in [-0.05, 0) is 19.3 Å². The number of hydrogen-bond acceptors (Lipinski definition) is 3. The lowest BCUT2D eigenvalue weighted by molar-refractivity contribution is -0.140. The van der Waals surface area contributed by atoms with Gasteiger partial charge in [-0.15, -0.1) is 0 Å². The highest BCUT2D eigenvalue weighted by molar-refractivity contribution is 5.78. The van der Waals surface area contributed by atoms with E-state index in [2.05, 4.69) is 11.7 Å². The monoisotopic (exact) mass is 382 g/mol. The Morgan fingerprint density at radius 3 is 1.22 bits per heavy atom. The molecule has 0 aromatic heterocycles. The molecule has 0 aliphatic heterocycles. The maximum absolute atomic E-state index is 11.8. The summed E-state index contributed by atoms with van der Waals surface area (Å²) < 4.78 is 4.64. The summed E-state index contributed by atoms with van der Waals surface area (Å²) in [6.07, 6.45) is 23.3.